The lowest BCUT2D eigenvalue weighted by Crippen LogP contribution is -2.12. The Hall–Kier alpha value is -2.49. The van der Waals surface area contributed by atoms with Gasteiger partial charge in [-0.05, 0) is 35.2 Å². The summed E-state index contributed by atoms with van der Waals surface area (Å²) in [5, 5.41) is 0. The topological polar surface area (TPSA) is 44.8 Å². The van der Waals surface area contributed by atoms with Gasteiger partial charge in [0.05, 0.1) is 12.7 Å². The summed E-state index contributed by atoms with van der Waals surface area (Å²) >= 11 is 0. The maximum Gasteiger partial charge on any atom is 0.153 e. The van der Waals surface area contributed by atoms with Crippen LogP contribution in [0.5, 0.6) is 17.2 Å². The Morgan fingerprint density at radius 2 is 1.54 bits per heavy atom. The van der Waals surface area contributed by atoms with Gasteiger partial charge < -0.3 is 14.2 Å². The predicted octanol–water partition coefficient (Wildman–Crippen LogP) is 4.26. The summed E-state index contributed by atoms with van der Waals surface area (Å²) in [6.07, 6.45) is 0.765. The molecule has 0 saturated carbocycles. The third-order valence-electron chi connectivity index (χ3n) is 3.68. The Bertz CT molecular complexity index is 669. The highest BCUT2D eigenvalue weighted by molar-refractivity contribution is 5.79. The molecule has 0 amide bonds. The van der Waals surface area contributed by atoms with Crippen LogP contribution in [0.1, 0.15) is 36.7 Å². The zero-order valence-electron chi connectivity index (χ0n) is 14.7. The molecule has 2 rings (SSSR count). The molecule has 0 saturated heterocycles. The van der Waals surface area contributed by atoms with Crippen LogP contribution in [0.4, 0.5) is 0 Å². The molecule has 0 fully saturated rings. The Morgan fingerprint density at radius 1 is 0.917 bits per heavy atom. The number of ether oxygens (including phenoxy) is 3. The molecule has 0 aliphatic carbocycles. The van der Waals surface area contributed by atoms with E-state index in [0.29, 0.717) is 30.3 Å². The van der Waals surface area contributed by atoms with Gasteiger partial charge in [-0.2, -0.15) is 0 Å². The number of aldehydes is 1. The molecule has 0 aliphatic heterocycles. The molecular weight excluding hydrogens is 304 g/mol. The standard InChI is InChI=1S/C20H24O4/c1-20(2,3)16-6-9-17(10-7-16)23-11-12-24-19-13-18(22-4)8-5-15(19)14-21/h5-10,13-14H,11-12H2,1-4H3. The van der Waals surface area contributed by atoms with E-state index in [4.69, 9.17) is 14.2 Å². The predicted molar refractivity (Wildman–Crippen MR) is 94.5 cm³/mol. The van der Waals surface area contributed by atoms with Crippen LogP contribution < -0.4 is 14.2 Å². The van der Waals surface area contributed by atoms with E-state index < -0.39 is 0 Å². The largest absolute Gasteiger partial charge is 0.497 e. The molecule has 0 N–H and O–H groups in total. The van der Waals surface area contributed by atoms with Gasteiger partial charge in [0.25, 0.3) is 0 Å². The Morgan fingerprint density at radius 3 is 2.12 bits per heavy atom. The van der Waals surface area contributed by atoms with Crippen molar-refractivity contribution in [2.45, 2.75) is 26.2 Å². The van der Waals surface area contributed by atoms with Crippen LogP contribution in [0.3, 0.4) is 0 Å². The molecule has 128 valence electrons. The van der Waals surface area contributed by atoms with E-state index in [9.17, 15) is 4.79 Å². The second kappa shape index (κ2) is 7.86. The molecule has 24 heavy (non-hydrogen) atoms. The van der Waals surface area contributed by atoms with Gasteiger partial charge in [0.15, 0.2) is 6.29 Å². The smallest absolute Gasteiger partial charge is 0.153 e. The van der Waals surface area contributed by atoms with E-state index in [1.165, 1.54) is 5.56 Å². The maximum atomic E-state index is 11.0. The highest BCUT2D eigenvalue weighted by atomic mass is 16.5. The highest BCUT2D eigenvalue weighted by Gasteiger charge is 2.13. The number of rotatable bonds is 7. The molecule has 4 heteroatoms. The van der Waals surface area contributed by atoms with E-state index in [1.807, 2.05) is 12.1 Å². The van der Waals surface area contributed by atoms with Crippen LogP contribution >= 0.6 is 0 Å². The van der Waals surface area contributed by atoms with Crippen molar-refractivity contribution in [3.05, 3.63) is 53.6 Å². The fourth-order valence-corrected chi connectivity index (χ4v) is 2.23. The number of benzene rings is 2. The second-order valence-electron chi connectivity index (χ2n) is 6.49. The van der Waals surface area contributed by atoms with E-state index >= 15 is 0 Å². The molecule has 0 unspecified atom stereocenters. The summed E-state index contributed by atoms with van der Waals surface area (Å²) in [6.45, 7) is 7.26. The number of methoxy groups -OCH3 is 1. The average Bonchev–Trinajstić information content (AvgIpc) is 2.58. The second-order valence-corrected chi connectivity index (χ2v) is 6.49. The van der Waals surface area contributed by atoms with Crippen LogP contribution in [-0.2, 0) is 5.41 Å². The summed E-state index contributed by atoms with van der Waals surface area (Å²) in [6, 6.07) is 13.2. The zero-order valence-corrected chi connectivity index (χ0v) is 14.7. The van der Waals surface area contributed by atoms with Crippen LogP contribution in [0.2, 0.25) is 0 Å². The molecular formula is C20H24O4. The van der Waals surface area contributed by atoms with Gasteiger partial charge in [-0.1, -0.05) is 32.9 Å². The first kappa shape index (κ1) is 17.9. The minimum Gasteiger partial charge on any atom is -0.497 e. The third kappa shape index (κ3) is 4.75. The molecule has 0 radical (unpaired) electrons. The van der Waals surface area contributed by atoms with Crippen LogP contribution in [0.25, 0.3) is 0 Å². The molecule has 0 aliphatic rings. The lowest BCUT2D eigenvalue weighted by atomic mass is 9.87. The zero-order chi connectivity index (χ0) is 17.6. The first-order chi connectivity index (χ1) is 11.4. The molecule has 0 bridgehead atoms. The first-order valence-electron chi connectivity index (χ1n) is 7.93. The monoisotopic (exact) mass is 328 g/mol. The number of carbonyl (C=O) groups excluding carboxylic acids is 1. The maximum absolute atomic E-state index is 11.0. The van der Waals surface area contributed by atoms with Gasteiger partial charge >= 0.3 is 0 Å². The van der Waals surface area contributed by atoms with Crippen molar-refractivity contribution in [3.63, 3.8) is 0 Å². The van der Waals surface area contributed by atoms with Crippen molar-refractivity contribution < 1.29 is 19.0 Å². The van der Waals surface area contributed by atoms with Crippen molar-refractivity contribution in [1.82, 2.24) is 0 Å². The molecule has 0 spiro atoms. The van der Waals surface area contributed by atoms with Crippen LogP contribution in [-0.4, -0.2) is 26.6 Å². The lowest BCUT2D eigenvalue weighted by molar-refractivity contribution is 0.111. The molecule has 0 atom stereocenters. The van der Waals surface area contributed by atoms with Crippen molar-refractivity contribution in [2.24, 2.45) is 0 Å². The summed E-state index contributed by atoms with van der Waals surface area (Å²) < 4.78 is 16.5. The van der Waals surface area contributed by atoms with Gasteiger partial charge in [0.1, 0.15) is 30.5 Å². The van der Waals surface area contributed by atoms with Crippen molar-refractivity contribution in [1.29, 1.82) is 0 Å². The average molecular weight is 328 g/mol. The Kier molecular flexibility index (Phi) is 5.85. The fraction of sp³-hybridized carbons (Fsp3) is 0.350. The van der Waals surface area contributed by atoms with E-state index in [0.717, 1.165) is 12.0 Å². The van der Waals surface area contributed by atoms with Crippen LogP contribution in [0.15, 0.2) is 42.5 Å². The van der Waals surface area contributed by atoms with Crippen molar-refractivity contribution in [3.8, 4) is 17.2 Å². The Balaban J connectivity index is 1.88. The van der Waals surface area contributed by atoms with Crippen molar-refractivity contribution >= 4 is 6.29 Å². The van der Waals surface area contributed by atoms with Crippen molar-refractivity contribution in [2.75, 3.05) is 20.3 Å². The van der Waals surface area contributed by atoms with E-state index in [-0.39, 0.29) is 5.41 Å². The quantitative estimate of drug-likeness (QED) is 0.562. The summed E-state index contributed by atoms with van der Waals surface area (Å²) in [7, 11) is 1.57. The lowest BCUT2D eigenvalue weighted by Gasteiger charge is -2.19. The Labute approximate surface area is 143 Å². The van der Waals surface area contributed by atoms with Crippen LogP contribution in [0, 0.1) is 0 Å². The minimum absolute atomic E-state index is 0.124. The van der Waals surface area contributed by atoms with E-state index in [2.05, 4.69) is 32.9 Å². The molecule has 4 nitrogen and oxygen atoms in total. The summed E-state index contributed by atoms with van der Waals surface area (Å²) in [4.78, 5) is 11.0. The number of carbonyl (C=O) groups is 1. The van der Waals surface area contributed by atoms with Gasteiger partial charge in [0.2, 0.25) is 0 Å². The van der Waals surface area contributed by atoms with Gasteiger partial charge in [0, 0.05) is 6.07 Å². The SMILES string of the molecule is COc1ccc(C=O)c(OCCOc2ccc(C(C)(C)C)cc2)c1. The fourth-order valence-electron chi connectivity index (χ4n) is 2.23. The summed E-state index contributed by atoms with van der Waals surface area (Å²) in [5.74, 6) is 1.94. The third-order valence-corrected chi connectivity index (χ3v) is 3.68. The first-order valence-corrected chi connectivity index (χ1v) is 7.93. The molecule has 0 heterocycles. The van der Waals surface area contributed by atoms with E-state index in [1.54, 1.807) is 25.3 Å². The van der Waals surface area contributed by atoms with Gasteiger partial charge in [-0.3, -0.25) is 4.79 Å². The van der Waals surface area contributed by atoms with Gasteiger partial charge in [-0.25, -0.2) is 0 Å². The van der Waals surface area contributed by atoms with Gasteiger partial charge in [-0.15, -0.1) is 0 Å². The number of hydrogen-bond donors (Lipinski definition) is 0. The number of hydrogen-bond acceptors (Lipinski definition) is 4. The summed E-state index contributed by atoms with van der Waals surface area (Å²) in [5.41, 5.74) is 1.88. The molecule has 2 aromatic carbocycles. The highest BCUT2D eigenvalue weighted by Crippen LogP contribution is 2.25. The normalized spacial score (nSPS) is 11.0. The molecule has 0 aromatic heterocycles. The molecule has 2 aromatic rings. The minimum atomic E-state index is 0.124.